The monoisotopic (exact) mass is 534 g/mol. The molecule has 39 heavy (non-hydrogen) atoms. The van der Waals surface area contributed by atoms with Crippen LogP contribution in [-0.2, 0) is 23.2 Å². The van der Waals surface area contributed by atoms with Crippen LogP contribution < -0.4 is 15.5 Å². The Kier molecular flexibility index (Phi) is 10.1. The lowest BCUT2D eigenvalue weighted by molar-refractivity contribution is -0.122. The number of carboxylic acid groups (broad SMARTS) is 1. The van der Waals surface area contributed by atoms with Gasteiger partial charge in [0.05, 0.1) is 11.2 Å². The summed E-state index contributed by atoms with van der Waals surface area (Å²) in [5.41, 5.74) is 6.22. The molecule has 0 bridgehead atoms. The molecule has 0 atom stereocenters. The van der Waals surface area contributed by atoms with Gasteiger partial charge in [-0.25, -0.2) is 4.68 Å². The van der Waals surface area contributed by atoms with Gasteiger partial charge in [0, 0.05) is 56.2 Å². The fourth-order valence-electron chi connectivity index (χ4n) is 4.59. The highest BCUT2D eigenvalue weighted by Crippen LogP contribution is 2.24. The van der Waals surface area contributed by atoms with E-state index in [1.165, 1.54) is 16.8 Å². The lowest BCUT2D eigenvalue weighted by atomic mass is 10.0. The van der Waals surface area contributed by atoms with Gasteiger partial charge < -0.3 is 25.5 Å². The second-order valence-electron chi connectivity index (χ2n) is 10.9. The van der Waals surface area contributed by atoms with Crippen molar-refractivity contribution >= 4 is 29.6 Å². The standard InChI is InChI=1S/C29H40N6O.CH2O2/c1-21-7-11-24(30-5)19-23(21)8-12-25-20-27(35(32-25)29(2,3)4)31-28(36)22-9-13-26(14-10-22)34-17-15-33(6)16-18-34;2-1-3/h7,9-11,13-14,19-20,30H,8,12,15-18H2,1-6H3,(H,31,36);1H,(H,2,3). The van der Waals surface area contributed by atoms with Gasteiger partial charge in [0.2, 0.25) is 0 Å². The number of amides is 1. The Hall–Kier alpha value is -3.85. The summed E-state index contributed by atoms with van der Waals surface area (Å²) in [6.45, 7) is 12.3. The topological polar surface area (TPSA) is 103 Å². The maximum absolute atomic E-state index is 13.1. The van der Waals surface area contributed by atoms with E-state index in [0.717, 1.165) is 56.2 Å². The number of nitrogens with zero attached hydrogens (tertiary/aromatic N) is 4. The Balaban J connectivity index is 0.00000134. The molecule has 0 saturated carbocycles. The fourth-order valence-corrected chi connectivity index (χ4v) is 4.59. The zero-order valence-electron chi connectivity index (χ0n) is 24.0. The minimum absolute atomic E-state index is 0.116. The predicted molar refractivity (Wildman–Crippen MR) is 158 cm³/mol. The van der Waals surface area contributed by atoms with Gasteiger partial charge in [0.15, 0.2) is 0 Å². The molecule has 1 aliphatic rings. The maximum atomic E-state index is 13.1. The minimum Gasteiger partial charge on any atom is -0.483 e. The molecular weight excluding hydrogens is 492 g/mol. The number of aryl methyl sites for hydroxylation is 3. The molecule has 0 radical (unpaired) electrons. The minimum atomic E-state index is -0.256. The number of carbonyl (C=O) groups is 2. The third kappa shape index (κ3) is 8.07. The molecule has 0 aliphatic carbocycles. The van der Waals surface area contributed by atoms with E-state index in [0.29, 0.717) is 5.56 Å². The molecule has 0 unspecified atom stereocenters. The molecule has 9 nitrogen and oxygen atoms in total. The number of likely N-dealkylation sites (N-methyl/N-ethyl adjacent to an activating group) is 1. The molecule has 1 aromatic heterocycles. The van der Waals surface area contributed by atoms with Gasteiger partial charge in [-0.3, -0.25) is 9.59 Å². The summed E-state index contributed by atoms with van der Waals surface area (Å²) in [5, 5.41) is 18.1. The molecule has 1 aliphatic heterocycles. The Morgan fingerprint density at radius 2 is 1.67 bits per heavy atom. The third-order valence-corrected chi connectivity index (χ3v) is 6.92. The molecule has 2 heterocycles. The molecule has 3 aromatic rings. The quantitative estimate of drug-likeness (QED) is 0.384. The van der Waals surface area contributed by atoms with E-state index >= 15 is 0 Å². The third-order valence-electron chi connectivity index (χ3n) is 6.92. The van der Waals surface area contributed by atoms with Crippen molar-refractivity contribution < 1.29 is 14.7 Å². The van der Waals surface area contributed by atoms with Crippen molar-refractivity contribution in [3.05, 3.63) is 70.9 Å². The highest BCUT2D eigenvalue weighted by atomic mass is 16.3. The Morgan fingerprint density at radius 3 is 2.26 bits per heavy atom. The molecule has 9 heteroatoms. The first-order chi connectivity index (χ1) is 18.5. The number of nitrogens with one attached hydrogen (secondary N) is 2. The van der Waals surface area contributed by atoms with E-state index in [-0.39, 0.29) is 17.9 Å². The number of hydrogen-bond donors (Lipinski definition) is 3. The highest BCUT2D eigenvalue weighted by molar-refractivity contribution is 6.04. The van der Waals surface area contributed by atoms with Crippen molar-refractivity contribution in [2.24, 2.45) is 0 Å². The Labute approximate surface area is 231 Å². The maximum Gasteiger partial charge on any atom is 0.290 e. The fraction of sp³-hybridized carbons (Fsp3) is 0.433. The van der Waals surface area contributed by atoms with Crippen LogP contribution in [0.15, 0.2) is 48.5 Å². The van der Waals surface area contributed by atoms with Crippen LogP contribution in [0.25, 0.3) is 0 Å². The smallest absolute Gasteiger partial charge is 0.290 e. The van der Waals surface area contributed by atoms with Gasteiger partial charge in [-0.2, -0.15) is 5.10 Å². The van der Waals surface area contributed by atoms with Crippen LogP contribution in [0.1, 0.15) is 48.0 Å². The number of hydrogen-bond acceptors (Lipinski definition) is 6. The van der Waals surface area contributed by atoms with Crippen molar-refractivity contribution in [2.45, 2.75) is 46.1 Å². The summed E-state index contributed by atoms with van der Waals surface area (Å²) in [6.07, 6.45) is 1.70. The lowest BCUT2D eigenvalue weighted by Gasteiger charge is -2.34. The number of benzene rings is 2. The van der Waals surface area contributed by atoms with Crippen molar-refractivity contribution in [1.29, 1.82) is 0 Å². The number of anilines is 3. The first-order valence-corrected chi connectivity index (χ1v) is 13.3. The normalized spacial score (nSPS) is 13.8. The van der Waals surface area contributed by atoms with Crippen LogP contribution in [0.2, 0.25) is 0 Å². The summed E-state index contributed by atoms with van der Waals surface area (Å²) in [5.74, 6) is 0.612. The average Bonchev–Trinajstić information content (AvgIpc) is 3.32. The van der Waals surface area contributed by atoms with E-state index in [9.17, 15) is 4.79 Å². The van der Waals surface area contributed by atoms with Gasteiger partial charge in [-0.15, -0.1) is 0 Å². The van der Waals surface area contributed by atoms with E-state index in [1.807, 2.05) is 42.1 Å². The number of rotatable bonds is 7. The van der Waals surface area contributed by atoms with E-state index in [2.05, 4.69) is 73.4 Å². The van der Waals surface area contributed by atoms with Crippen molar-refractivity contribution in [3.63, 3.8) is 0 Å². The second-order valence-corrected chi connectivity index (χ2v) is 10.9. The highest BCUT2D eigenvalue weighted by Gasteiger charge is 2.22. The van der Waals surface area contributed by atoms with Crippen molar-refractivity contribution in [3.8, 4) is 0 Å². The van der Waals surface area contributed by atoms with Crippen molar-refractivity contribution in [2.75, 3.05) is 55.8 Å². The molecule has 3 N–H and O–H groups in total. The first kappa shape index (κ1) is 29.7. The summed E-state index contributed by atoms with van der Waals surface area (Å²) in [7, 11) is 4.09. The molecule has 2 aromatic carbocycles. The van der Waals surface area contributed by atoms with Crippen LogP contribution in [0, 0.1) is 6.92 Å². The van der Waals surface area contributed by atoms with Crippen LogP contribution in [0.5, 0.6) is 0 Å². The van der Waals surface area contributed by atoms with Crippen LogP contribution >= 0.6 is 0 Å². The molecule has 1 saturated heterocycles. The summed E-state index contributed by atoms with van der Waals surface area (Å²) in [4.78, 5) is 26.2. The van der Waals surface area contributed by atoms with Gasteiger partial charge >= 0.3 is 0 Å². The molecular formula is C30H42N6O3. The zero-order chi connectivity index (χ0) is 28.6. The lowest BCUT2D eigenvalue weighted by Crippen LogP contribution is -2.44. The Morgan fingerprint density at radius 1 is 1.03 bits per heavy atom. The molecule has 1 amide bonds. The SMILES string of the molecule is CNc1ccc(C)c(CCc2cc(NC(=O)c3ccc(N4CCN(C)CC4)cc3)n(C(C)(C)C)n2)c1.O=CO. The summed E-state index contributed by atoms with van der Waals surface area (Å²) in [6, 6.07) is 16.4. The van der Waals surface area contributed by atoms with Gasteiger partial charge in [-0.05, 0) is 95.1 Å². The van der Waals surface area contributed by atoms with Crippen LogP contribution in [0.4, 0.5) is 17.2 Å². The molecule has 0 spiro atoms. The predicted octanol–water partition coefficient (Wildman–Crippen LogP) is 4.48. The van der Waals surface area contributed by atoms with Crippen LogP contribution in [-0.4, -0.2) is 72.4 Å². The number of aromatic nitrogens is 2. The average molecular weight is 535 g/mol. The van der Waals surface area contributed by atoms with Gasteiger partial charge in [0.25, 0.3) is 12.4 Å². The second kappa shape index (κ2) is 13.3. The van der Waals surface area contributed by atoms with E-state index in [1.54, 1.807) is 0 Å². The summed E-state index contributed by atoms with van der Waals surface area (Å²) < 4.78 is 1.93. The van der Waals surface area contributed by atoms with E-state index in [4.69, 9.17) is 15.0 Å². The Bertz CT molecular complexity index is 1240. The molecule has 210 valence electrons. The van der Waals surface area contributed by atoms with Crippen LogP contribution in [0.3, 0.4) is 0 Å². The number of piperazine rings is 1. The van der Waals surface area contributed by atoms with Gasteiger partial charge in [-0.1, -0.05) is 6.07 Å². The molecule has 4 rings (SSSR count). The van der Waals surface area contributed by atoms with E-state index < -0.39 is 0 Å². The zero-order valence-corrected chi connectivity index (χ0v) is 24.0. The van der Waals surface area contributed by atoms with Gasteiger partial charge in [0.1, 0.15) is 5.82 Å². The largest absolute Gasteiger partial charge is 0.483 e. The number of carbonyl (C=O) groups excluding carboxylic acids is 1. The first-order valence-electron chi connectivity index (χ1n) is 13.3. The molecule has 1 fully saturated rings. The van der Waals surface area contributed by atoms with Crippen molar-refractivity contribution in [1.82, 2.24) is 14.7 Å². The summed E-state index contributed by atoms with van der Waals surface area (Å²) >= 11 is 0.